The fourth-order valence-electron chi connectivity index (χ4n) is 3.02. The molecule has 0 amide bonds. The lowest BCUT2D eigenvalue weighted by Gasteiger charge is -2.17. The van der Waals surface area contributed by atoms with Crippen LogP contribution in [0.2, 0.25) is 0 Å². The Morgan fingerprint density at radius 2 is 2.20 bits per heavy atom. The van der Waals surface area contributed by atoms with Crippen LogP contribution in [0, 0.1) is 17.2 Å². The lowest BCUT2D eigenvalue weighted by molar-refractivity contribution is 0.357. The average molecular weight is 275 g/mol. The zero-order valence-electron chi connectivity index (χ0n) is 12.4. The first-order valence-electron chi connectivity index (χ1n) is 7.44. The van der Waals surface area contributed by atoms with Gasteiger partial charge < -0.3 is 9.73 Å². The molecule has 3 heteroatoms. The van der Waals surface area contributed by atoms with E-state index in [1.165, 1.54) is 12.5 Å². The summed E-state index contributed by atoms with van der Waals surface area (Å²) in [4.78, 5) is 0. The molecule has 2 aromatic rings. The fraction of sp³-hybridized carbons (Fsp3) is 0.529. The van der Waals surface area contributed by atoms with Crippen molar-refractivity contribution in [2.24, 2.45) is 11.3 Å². The summed E-state index contributed by atoms with van der Waals surface area (Å²) < 4.78 is 19.6. The third-order valence-corrected chi connectivity index (χ3v) is 4.43. The normalized spacial score (nSPS) is 22.1. The lowest BCUT2D eigenvalue weighted by atomic mass is 10.0. The Balaban J connectivity index is 1.94. The quantitative estimate of drug-likeness (QED) is 0.858. The summed E-state index contributed by atoms with van der Waals surface area (Å²) in [5.41, 5.74) is 0.729. The molecule has 2 atom stereocenters. The van der Waals surface area contributed by atoms with Crippen LogP contribution in [0.1, 0.15) is 45.4 Å². The minimum absolute atomic E-state index is 0.191. The number of nitrogens with one attached hydrogen (secondary N) is 1. The van der Waals surface area contributed by atoms with Crippen molar-refractivity contribution in [3.8, 4) is 0 Å². The first kappa shape index (κ1) is 13.6. The zero-order chi connectivity index (χ0) is 14.3. The van der Waals surface area contributed by atoms with E-state index >= 15 is 0 Å². The molecular weight excluding hydrogens is 253 g/mol. The van der Waals surface area contributed by atoms with Crippen molar-refractivity contribution in [2.75, 3.05) is 6.54 Å². The summed E-state index contributed by atoms with van der Waals surface area (Å²) in [7, 11) is 0. The second-order valence-electron chi connectivity index (χ2n) is 6.54. The van der Waals surface area contributed by atoms with E-state index in [1.54, 1.807) is 6.07 Å². The van der Waals surface area contributed by atoms with E-state index in [4.69, 9.17) is 4.42 Å². The molecule has 0 radical (unpaired) electrons. The van der Waals surface area contributed by atoms with Crippen molar-refractivity contribution in [1.82, 2.24) is 5.32 Å². The molecule has 1 aliphatic carbocycles. The molecule has 0 saturated heterocycles. The van der Waals surface area contributed by atoms with E-state index in [9.17, 15) is 4.39 Å². The van der Waals surface area contributed by atoms with E-state index in [2.05, 4.69) is 26.1 Å². The summed E-state index contributed by atoms with van der Waals surface area (Å²) in [6.45, 7) is 7.67. The molecule has 1 aliphatic rings. The Kier molecular flexibility index (Phi) is 3.33. The summed E-state index contributed by atoms with van der Waals surface area (Å²) in [5, 5.41) is 4.42. The third kappa shape index (κ3) is 2.35. The molecular formula is C17H22FNO. The van der Waals surface area contributed by atoms with Crippen LogP contribution < -0.4 is 5.32 Å². The first-order chi connectivity index (χ1) is 9.53. The van der Waals surface area contributed by atoms with Crippen LogP contribution >= 0.6 is 0 Å². The number of rotatable bonds is 5. The van der Waals surface area contributed by atoms with Gasteiger partial charge in [0.15, 0.2) is 11.4 Å². The van der Waals surface area contributed by atoms with Gasteiger partial charge in [0.05, 0.1) is 6.04 Å². The fourth-order valence-corrected chi connectivity index (χ4v) is 3.02. The summed E-state index contributed by atoms with van der Waals surface area (Å²) in [6, 6.07) is 7.26. The van der Waals surface area contributed by atoms with Gasteiger partial charge in [-0.2, -0.15) is 0 Å². The monoisotopic (exact) mass is 275 g/mol. The molecule has 1 aromatic carbocycles. The molecule has 20 heavy (non-hydrogen) atoms. The number of hydrogen-bond donors (Lipinski definition) is 1. The van der Waals surface area contributed by atoms with Gasteiger partial charge in [-0.3, -0.25) is 0 Å². The number of benzene rings is 1. The molecule has 108 valence electrons. The zero-order valence-corrected chi connectivity index (χ0v) is 12.4. The van der Waals surface area contributed by atoms with Gasteiger partial charge in [-0.05, 0) is 42.9 Å². The van der Waals surface area contributed by atoms with Crippen LogP contribution in [0.4, 0.5) is 4.39 Å². The Labute approximate surface area is 119 Å². The molecule has 2 unspecified atom stereocenters. The van der Waals surface area contributed by atoms with E-state index in [1.807, 2.05) is 12.1 Å². The first-order valence-corrected chi connectivity index (χ1v) is 7.44. The molecule has 1 heterocycles. The van der Waals surface area contributed by atoms with E-state index < -0.39 is 0 Å². The maximum atomic E-state index is 13.8. The van der Waals surface area contributed by atoms with E-state index in [-0.39, 0.29) is 11.9 Å². The highest BCUT2D eigenvalue weighted by Crippen LogP contribution is 2.58. The molecule has 2 nitrogen and oxygen atoms in total. The summed E-state index contributed by atoms with van der Waals surface area (Å²) >= 11 is 0. The van der Waals surface area contributed by atoms with Crippen LogP contribution in [0.3, 0.4) is 0 Å². The van der Waals surface area contributed by atoms with Gasteiger partial charge in [-0.15, -0.1) is 0 Å². The highest BCUT2D eigenvalue weighted by atomic mass is 19.1. The van der Waals surface area contributed by atoms with Crippen molar-refractivity contribution in [1.29, 1.82) is 0 Å². The standard InChI is InChI=1S/C17H22FNO/c1-4-8-19-15(12-10-17(12,2)3)14-9-11-6-5-7-13(18)16(11)20-14/h5-7,9,12,15,19H,4,8,10H2,1-3H3. The molecule has 1 N–H and O–H groups in total. The molecule has 1 aromatic heterocycles. The van der Waals surface area contributed by atoms with Crippen molar-refractivity contribution in [2.45, 2.75) is 39.7 Å². The second-order valence-corrected chi connectivity index (χ2v) is 6.54. The molecule has 3 rings (SSSR count). The van der Waals surface area contributed by atoms with E-state index in [0.29, 0.717) is 16.9 Å². The minimum atomic E-state index is -0.280. The molecule has 1 fully saturated rings. The Hall–Kier alpha value is -1.35. The highest BCUT2D eigenvalue weighted by Gasteiger charge is 2.51. The van der Waals surface area contributed by atoms with Crippen LogP contribution in [0.25, 0.3) is 11.0 Å². The smallest absolute Gasteiger partial charge is 0.169 e. The largest absolute Gasteiger partial charge is 0.456 e. The van der Waals surface area contributed by atoms with Gasteiger partial charge in [0.2, 0.25) is 0 Å². The molecule has 0 spiro atoms. The number of fused-ring (bicyclic) bond motifs is 1. The van der Waals surface area contributed by atoms with Gasteiger partial charge in [-0.1, -0.05) is 32.9 Å². The molecule has 0 aliphatic heterocycles. The van der Waals surface area contributed by atoms with Crippen molar-refractivity contribution >= 4 is 11.0 Å². The maximum Gasteiger partial charge on any atom is 0.169 e. The number of furan rings is 1. The average Bonchev–Trinajstić information content (AvgIpc) is 2.85. The van der Waals surface area contributed by atoms with Gasteiger partial charge in [0.1, 0.15) is 5.76 Å². The van der Waals surface area contributed by atoms with Gasteiger partial charge in [0.25, 0.3) is 0 Å². The van der Waals surface area contributed by atoms with Gasteiger partial charge >= 0.3 is 0 Å². The maximum absolute atomic E-state index is 13.8. The van der Waals surface area contributed by atoms with Crippen LogP contribution in [0.5, 0.6) is 0 Å². The highest BCUT2D eigenvalue weighted by molar-refractivity contribution is 5.78. The van der Waals surface area contributed by atoms with Gasteiger partial charge in [0, 0.05) is 5.39 Å². The number of hydrogen-bond acceptors (Lipinski definition) is 2. The van der Waals surface area contributed by atoms with Crippen molar-refractivity contribution < 1.29 is 8.81 Å². The third-order valence-electron chi connectivity index (χ3n) is 4.43. The van der Waals surface area contributed by atoms with Crippen LogP contribution in [-0.2, 0) is 0 Å². The summed E-state index contributed by atoms with van der Waals surface area (Å²) in [5.74, 6) is 1.16. The van der Waals surface area contributed by atoms with E-state index in [0.717, 1.165) is 24.1 Å². The SMILES string of the molecule is CCCNC(c1cc2cccc(F)c2o1)C1CC1(C)C. The number of para-hydroxylation sites is 1. The predicted octanol–water partition coefficient (Wildman–Crippen LogP) is 4.66. The molecule has 1 saturated carbocycles. The Morgan fingerprint density at radius 1 is 1.45 bits per heavy atom. The van der Waals surface area contributed by atoms with Crippen molar-refractivity contribution in [3.05, 3.63) is 35.8 Å². The molecule has 0 bridgehead atoms. The van der Waals surface area contributed by atoms with Crippen LogP contribution in [0.15, 0.2) is 28.7 Å². The topological polar surface area (TPSA) is 25.2 Å². The lowest BCUT2D eigenvalue weighted by Crippen LogP contribution is -2.25. The van der Waals surface area contributed by atoms with Crippen LogP contribution in [-0.4, -0.2) is 6.54 Å². The predicted molar refractivity (Wildman–Crippen MR) is 79.1 cm³/mol. The Bertz CT molecular complexity index is 616. The van der Waals surface area contributed by atoms with Crippen molar-refractivity contribution in [3.63, 3.8) is 0 Å². The van der Waals surface area contributed by atoms with Gasteiger partial charge in [-0.25, -0.2) is 4.39 Å². The summed E-state index contributed by atoms with van der Waals surface area (Å²) in [6.07, 6.45) is 2.27. The Morgan fingerprint density at radius 3 is 2.80 bits per heavy atom. The second kappa shape index (κ2) is 4.88. The minimum Gasteiger partial charge on any atom is -0.456 e. The number of halogens is 1.